The van der Waals surface area contributed by atoms with Crippen molar-refractivity contribution in [2.45, 2.75) is 38.3 Å². The number of hydrogen-bond acceptors (Lipinski definition) is 4. The zero-order chi connectivity index (χ0) is 23.3. The van der Waals surface area contributed by atoms with Crippen molar-refractivity contribution in [3.8, 4) is 0 Å². The summed E-state index contributed by atoms with van der Waals surface area (Å²) in [4.78, 5) is 34.4. The number of hydroxylamine groups is 1. The first-order chi connectivity index (χ1) is 15.8. The molecule has 0 unspecified atom stereocenters. The molecular weight excluding hydrogens is 436 g/mol. The lowest BCUT2D eigenvalue weighted by Gasteiger charge is -2.29. The van der Waals surface area contributed by atoms with Gasteiger partial charge in [-0.15, -0.1) is 0 Å². The van der Waals surface area contributed by atoms with Crippen molar-refractivity contribution in [2.75, 3.05) is 9.96 Å². The summed E-state index contributed by atoms with van der Waals surface area (Å²) in [6.45, 7) is 6.49. The summed E-state index contributed by atoms with van der Waals surface area (Å²) in [6, 6.07) is 24.2. The quantitative estimate of drug-likeness (QED) is 0.471. The van der Waals surface area contributed by atoms with Crippen molar-refractivity contribution in [1.82, 2.24) is 0 Å². The van der Waals surface area contributed by atoms with Gasteiger partial charge in [0.1, 0.15) is 5.92 Å². The van der Waals surface area contributed by atoms with E-state index in [1.165, 1.54) is 10.5 Å². The number of rotatable bonds is 3. The predicted molar refractivity (Wildman–Crippen MR) is 129 cm³/mol. The molecule has 3 aromatic carbocycles. The van der Waals surface area contributed by atoms with E-state index >= 15 is 0 Å². The maximum atomic E-state index is 13.7. The van der Waals surface area contributed by atoms with Gasteiger partial charge < -0.3 is 0 Å². The molecule has 0 bridgehead atoms. The van der Waals surface area contributed by atoms with Crippen molar-refractivity contribution < 1.29 is 14.4 Å². The minimum absolute atomic E-state index is 0.00881. The first-order valence-electron chi connectivity index (χ1n) is 11.0. The molecule has 5 rings (SSSR count). The van der Waals surface area contributed by atoms with E-state index in [1.54, 1.807) is 29.3 Å². The van der Waals surface area contributed by atoms with E-state index in [0.29, 0.717) is 10.7 Å². The van der Waals surface area contributed by atoms with Crippen LogP contribution >= 0.6 is 11.6 Å². The van der Waals surface area contributed by atoms with E-state index in [9.17, 15) is 9.59 Å². The molecule has 33 heavy (non-hydrogen) atoms. The van der Waals surface area contributed by atoms with Crippen LogP contribution in [0.1, 0.15) is 37.9 Å². The number of halogens is 1. The summed E-state index contributed by atoms with van der Waals surface area (Å²) in [6.07, 6.45) is -0.899. The van der Waals surface area contributed by atoms with Gasteiger partial charge in [0.15, 0.2) is 6.10 Å². The smallest absolute Gasteiger partial charge is 0.266 e. The number of fused-ring (bicyclic) bond motifs is 1. The molecule has 2 fully saturated rings. The molecule has 0 N–H and O–H groups in total. The molecule has 3 atom stereocenters. The predicted octanol–water partition coefficient (Wildman–Crippen LogP) is 5.69. The lowest BCUT2D eigenvalue weighted by atomic mass is 9.84. The van der Waals surface area contributed by atoms with Crippen LogP contribution in [-0.4, -0.2) is 17.9 Å². The second kappa shape index (κ2) is 8.01. The van der Waals surface area contributed by atoms with Gasteiger partial charge in [-0.1, -0.05) is 80.9 Å². The van der Waals surface area contributed by atoms with E-state index < -0.39 is 18.1 Å². The summed E-state index contributed by atoms with van der Waals surface area (Å²) in [7, 11) is 0. The van der Waals surface area contributed by atoms with Crippen LogP contribution in [0.15, 0.2) is 78.9 Å². The third kappa shape index (κ3) is 3.71. The van der Waals surface area contributed by atoms with Crippen molar-refractivity contribution in [2.24, 2.45) is 5.92 Å². The zero-order valence-corrected chi connectivity index (χ0v) is 19.5. The minimum Gasteiger partial charge on any atom is -0.273 e. The largest absolute Gasteiger partial charge is 0.273 e. The SMILES string of the molecule is CC(C)(C)c1ccc([C@@H]2[C@H]3C(=O)N(c4cccc(Cl)c4)C(=O)[C@@H]3ON2c2ccccc2)cc1. The third-order valence-corrected chi connectivity index (χ3v) is 6.55. The number of hydrogen-bond donors (Lipinski definition) is 0. The molecule has 0 saturated carbocycles. The Bertz CT molecular complexity index is 1200. The van der Waals surface area contributed by atoms with Crippen LogP contribution in [0.25, 0.3) is 0 Å². The number of imide groups is 1. The molecule has 2 amide bonds. The van der Waals surface area contributed by atoms with Gasteiger partial charge in [0, 0.05) is 5.02 Å². The molecule has 2 aliphatic heterocycles. The molecule has 2 saturated heterocycles. The van der Waals surface area contributed by atoms with Crippen LogP contribution in [0.4, 0.5) is 11.4 Å². The molecule has 6 heteroatoms. The highest BCUT2D eigenvalue weighted by Gasteiger charge is 2.60. The summed E-state index contributed by atoms with van der Waals surface area (Å²) >= 11 is 6.13. The first kappa shape index (κ1) is 21.7. The number of carbonyl (C=O) groups is 2. The number of nitrogens with zero attached hydrogens (tertiary/aromatic N) is 2. The average Bonchev–Trinajstić information content (AvgIpc) is 3.30. The Balaban J connectivity index is 1.57. The molecule has 0 radical (unpaired) electrons. The topological polar surface area (TPSA) is 49.9 Å². The fourth-order valence-corrected chi connectivity index (χ4v) is 4.79. The van der Waals surface area contributed by atoms with Gasteiger partial charge in [-0.2, -0.15) is 0 Å². The van der Waals surface area contributed by atoms with Crippen molar-refractivity contribution in [3.05, 3.63) is 95.0 Å². The minimum atomic E-state index is -0.899. The van der Waals surface area contributed by atoms with E-state index in [0.717, 1.165) is 11.3 Å². The number of amides is 2. The van der Waals surface area contributed by atoms with Crippen LogP contribution in [-0.2, 0) is 19.8 Å². The van der Waals surface area contributed by atoms with E-state index in [2.05, 4.69) is 32.9 Å². The lowest BCUT2D eigenvalue weighted by molar-refractivity contribution is -0.126. The van der Waals surface area contributed by atoms with Gasteiger partial charge in [-0.25, -0.2) is 9.96 Å². The lowest BCUT2D eigenvalue weighted by Crippen LogP contribution is -2.37. The highest BCUT2D eigenvalue weighted by molar-refractivity contribution is 6.31. The van der Waals surface area contributed by atoms with Crippen LogP contribution in [0.2, 0.25) is 5.02 Å². The third-order valence-electron chi connectivity index (χ3n) is 6.31. The second-order valence-electron chi connectivity index (χ2n) is 9.52. The second-order valence-corrected chi connectivity index (χ2v) is 9.96. The van der Waals surface area contributed by atoms with Crippen LogP contribution in [0.5, 0.6) is 0 Å². The maximum absolute atomic E-state index is 13.7. The number of carbonyl (C=O) groups excluding carboxylic acids is 2. The molecule has 3 aromatic rings. The normalized spacial score (nSPS) is 22.7. The van der Waals surface area contributed by atoms with Crippen LogP contribution < -0.4 is 9.96 Å². The zero-order valence-electron chi connectivity index (χ0n) is 18.7. The highest BCUT2D eigenvalue weighted by atomic mass is 35.5. The number of anilines is 2. The molecule has 0 spiro atoms. The van der Waals surface area contributed by atoms with Crippen molar-refractivity contribution in [1.29, 1.82) is 0 Å². The van der Waals surface area contributed by atoms with Gasteiger partial charge in [-0.3, -0.25) is 14.4 Å². The number of benzene rings is 3. The fraction of sp³-hybridized carbons (Fsp3) is 0.259. The van der Waals surface area contributed by atoms with Crippen molar-refractivity contribution in [3.63, 3.8) is 0 Å². The summed E-state index contributed by atoms with van der Waals surface area (Å²) in [5.74, 6) is -1.32. The Hall–Kier alpha value is -3.15. The van der Waals surface area contributed by atoms with Gasteiger partial charge in [0.2, 0.25) is 5.91 Å². The van der Waals surface area contributed by atoms with Gasteiger partial charge in [0.25, 0.3) is 5.91 Å². The summed E-state index contributed by atoms with van der Waals surface area (Å²) in [5, 5.41) is 2.18. The Morgan fingerprint density at radius 1 is 0.818 bits per heavy atom. The molecular formula is C27H25ClN2O3. The van der Waals surface area contributed by atoms with Gasteiger partial charge >= 0.3 is 0 Å². The maximum Gasteiger partial charge on any atom is 0.266 e. The van der Waals surface area contributed by atoms with E-state index in [-0.39, 0.29) is 17.2 Å². The molecule has 0 aliphatic carbocycles. The standard InChI is InChI=1S/C27H25ClN2O3/c1-27(2,3)18-14-12-17(13-15-18)23-22-24(33-30(23)20-9-5-4-6-10-20)26(32)29(25(22)31)21-11-7-8-19(28)16-21/h4-16,22-24H,1-3H3/t22-,23-,24-/m1/s1. The Labute approximate surface area is 198 Å². The van der Waals surface area contributed by atoms with Crippen molar-refractivity contribution >= 4 is 34.8 Å². The fourth-order valence-electron chi connectivity index (χ4n) is 4.60. The monoisotopic (exact) mass is 460 g/mol. The van der Waals surface area contributed by atoms with Crippen LogP contribution in [0, 0.1) is 5.92 Å². The van der Waals surface area contributed by atoms with E-state index in [4.69, 9.17) is 16.4 Å². The number of para-hydroxylation sites is 1. The molecule has 5 nitrogen and oxygen atoms in total. The van der Waals surface area contributed by atoms with Gasteiger partial charge in [-0.05, 0) is 46.9 Å². The Kier molecular flexibility index (Phi) is 5.26. The molecule has 168 valence electrons. The molecule has 2 aliphatic rings. The van der Waals surface area contributed by atoms with Crippen LogP contribution in [0.3, 0.4) is 0 Å². The summed E-state index contributed by atoms with van der Waals surface area (Å²) in [5.41, 5.74) is 3.39. The van der Waals surface area contributed by atoms with E-state index in [1.807, 2.05) is 42.5 Å². The summed E-state index contributed by atoms with van der Waals surface area (Å²) < 4.78 is 0. The Morgan fingerprint density at radius 3 is 2.12 bits per heavy atom. The average molecular weight is 461 g/mol. The van der Waals surface area contributed by atoms with Gasteiger partial charge in [0.05, 0.1) is 17.4 Å². The molecule has 0 aromatic heterocycles. The highest BCUT2D eigenvalue weighted by Crippen LogP contribution is 2.47. The Morgan fingerprint density at radius 2 is 1.48 bits per heavy atom. The first-order valence-corrected chi connectivity index (χ1v) is 11.4. The molecule has 2 heterocycles.